The molecule has 2 aromatic heterocycles. The van der Waals surface area contributed by atoms with Crippen molar-refractivity contribution < 1.29 is 9.53 Å². The standard InChI is InChI=1S/C29H40N4O3/c1-22(2)30-28(34)21-33-27(24-12-10-13-25(18-24)36-3)20-32-19-23(17-26(32)29(33)35)11-6-4-7-14-31-15-8-5-9-16-31/h10,12-13,17-20,22H,4-9,11,14-16,21H2,1-3H3,(H,30,34). The summed E-state index contributed by atoms with van der Waals surface area (Å²) >= 11 is 0. The lowest BCUT2D eigenvalue weighted by Crippen LogP contribution is -2.36. The van der Waals surface area contributed by atoms with Crippen LogP contribution >= 0.6 is 0 Å². The first-order valence-electron chi connectivity index (χ1n) is 13.3. The number of methoxy groups -OCH3 is 1. The monoisotopic (exact) mass is 492 g/mol. The predicted molar refractivity (Wildman–Crippen MR) is 145 cm³/mol. The molecule has 3 aromatic rings. The highest BCUT2D eigenvalue weighted by atomic mass is 16.5. The van der Waals surface area contributed by atoms with Crippen LogP contribution in [-0.2, 0) is 17.8 Å². The van der Waals surface area contributed by atoms with Gasteiger partial charge in [0.05, 0.1) is 12.8 Å². The second kappa shape index (κ2) is 12.3. The largest absolute Gasteiger partial charge is 0.497 e. The molecule has 4 rings (SSSR count). The average molecular weight is 493 g/mol. The van der Waals surface area contributed by atoms with Crippen molar-refractivity contribution in [3.63, 3.8) is 0 Å². The fourth-order valence-electron chi connectivity index (χ4n) is 5.11. The van der Waals surface area contributed by atoms with Gasteiger partial charge >= 0.3 is 0 Å². The molecule has 0 saturated carbocycles. The molecule has 0 unspecified atom stereocenters. The fraction of sp³-hybridized carbons (Fsp3) is 0.517. The number of hydrogen-bond acceptors (Lipinski definition) is 4. The molecule has 1 aliphatic heterocycles. The third kappa shape index (κ3) is 6.58. The van der Waals surface area contributed by atoms with E-state index in [-0.39, 0.29) is 24.1 Å². The lowest BCUT2D eigenvalue weighted by Gasteiger charge is -2.26. The third-order valence-electron chi connectivity index (χ3n) is 6.93. The fourth-order valence-corrected chi connectivity index (χ4v) is 5.11. The number of carbonyl (C=O) groups excluding carboxylic acids is 1. The maximum Gasteiger partial charge on any atom is 0.275 e. The van der Waals surface area contributed by atoms with Crippen LogP contribution in [0.3, 0.4) is 0 Å². The van der Waals surface area contributed by atoms with Gasteiger partial charge in [0.1, 0.15) is 17.8 Å². The minimum Gasteiger partial charge on any atom is -0.497 e. The van der Waals surface area contributed by atoms with Gasteiger partial charge in [0.2, 0.25) is 5.91 Å². The topological polar surface area (TPSA) is 68.0 Å². The summed E-state index contributed by atoms with van der Waals surface area (Å²) in [5.74, 6) is 0.525. The zero-order chi connectivity index (χ0) is 25.5. The molecule has 1 aliphatic rings. The molecule has 1 N–H and O–H groups in total. The number of carbonyl (C=O) groups is 1. The summed E-state index contributed by atoms with van der Waals surface area (Å²) in [7, 11) is 1.62. The van der Waals surface area contributed by atoms with Crippen molar-refractivity contribution in [2.75, 3.05) is 26.7 Å². The number of ether oxygens (including phenoxy) is 1. The molecule has 194 valence electrons. The quantitative estimate of drug-likeness (QED) is 0.400. The van der Waals surface area contributed by atoms with Gasteiger partial charge in [-0.05, 0) is 89.3 Å². The number of nitrogens with one attached hydrogen (secondary N) is 1. The van der Waals surface area contributed by atoms with Crippen LogP contribution in [0.1, 0.15) is 57.9 Å². The molecule has 1 amide bonds. The average Bonchev–Trinajstić information content (AvgIpc) is 3.29. The van der Waals surface area contributed by atoms with Crippen LogP contribution in [0.25, 0.3) is 16.8 Å². The molecule has 7 nitrogen and oxygen atoms in total. The maximum absolute atomic E-state index is 13.6. The van der Waals surface area contributed by atoms with Gasteiger partial charge in [0, 0.05) is 24.0 Å². The first-order valence-corrected chi connectivity index (χ1v) is 13.3. The first-order chi connectivity index (χ1) is 17.4. The number of aryl methyl sites for hydroxylation is 1. The highest BCUT2D eigenvalue weighted by Crippen LogP contribution is 2.24. The highest BCUT2D eigenvalue weighted by molar-refractivity contribution is 5.77. The number of nitrogens with zero attached hydrogens (tertiary/aromatic N) is 3. The van der Waals surface area contributed by atoms with Crippen LogP contribution in [0.5, 0.6) is 5.75 Å². The molecule has 0 radical (unpaired) electrons. The van der Waals surface area contributed by atoms with Crippen molar-refractivity contribution in [3.8, 4) is 17.0 Å². The van der Waals surface area contributed by atoms with Gasteiger partial charge in [-0.2, -0.15) is 0 Å². The van der Waals surface area contributed by atoms with Gasteiger partial charge in [-0.25, -0.2) is 0 Å². The van der Waals surface area contributed by atoms with E-state index >= 15 is 0 Å². The molecule has 0 aliphatic carbocycles. The molecule has 1 saturated heterocycles. The van der Waals surface area contributed by atoms with E-state index in [2.05, 4.69) is 16.4 Å². The van der Waals surface area contributed by atoms with Crippen LogP contribution in [-0.4, -0.2) is 52.6 Å². The Hall–Kier alpha value is -3.06. The number of aromatic nitrogens is 2. The summed E-state index contributed by atoms with van der Waals surface area (Å²) < 4.78 is 8.89. The molecule has 1 fully saturated rings. The molecule has 36 heavy (non-hydrogen) atoms. The van der Waals surface area contributed by atoms with E-state index < -0.39 is 0 Å². The van der Waals surface area contributed by atoms with Crippen LogP contribution in [0.15, 0.2) is 47.5 Å². The van der Waals surface area contributed by atoms with E-state index in [1.807, 2.05) is 54.8 Å². The SMILES string of the molecule is COc1cccc(-c2cn3cc(CCCCCN4CCCCC4)cc3c(=O)n2CC(=O)NC(C)C)c1. The van der Waals surface area contributed by atoms with E-state index in [0.717, 1.165) is 24.0 Å². The van der Waals surface area contributed by atoms with Gasteiger partial charge in [-0.3, -0.25) is 14.2 Å². The van der Waals surface area contributed by atoms with Crippen LogP contribution in [0.4, 0.5) is 0 Å². The Balaban J connectivity index is 1.54. The normalized spacial score (nSPS) is 14.4. The summed E-state index contributed by atoms with van der Waals surface area (Å²) in [6, 6.07) is 9.59. The molecule has 3 heterocycles. The van der Waals surface area contributed by atoms with Gasteiger partial charge in [0.25, 0.3) is 5.56 Å². The minimum absolute atomic E-state index is 0.00650. The molecular formula is C29H40N4O3. The van der Waals surface area contributed by atoms with Crippen molar-refractivity contribution in [1.29, 1.82) is 0 Å². The number of fused-ring (bicyclic) bond motifs is 1. The smallest absolute Gasteiger partial charge is 0.275 e. The molecule has 7 heteroatoms. The van der Waals surface area contributed by atoms with Crippen LogP contribution in [0, 0.1) is 0 Å². The lowest BCUT2D eigenvalue weighted by molar-refractivity contribution is -0.122. The number of piperidine rings is 1. The maximum atomic E-state index is 13.6. The molecule has 0 spiro atoms. The van der Waals surface area contributed by atoms with Crippen molar-refractivity contribution in [2.45, 2.75) is 71.4 Å². The Labute approximate surface area is 214 Å². The van der Waals surface area contributed by atoms with Crippen molar-refractivity contribution in [3.05, 3.63) is 58.6 Å². The zero-order valence-electron chi connectivity index (χ0n) is 22.0. The Morgan fingerprint density at radius 1 is 1.06 bits per heavy atom. The van der Waals surface area contributed by atoms with Gasteiger partial charge in [-0.1, -0.05) is 25.0 Å². The molecule has 0 bridgehead atoms. The second-order valence-electron chi connectivity index (χ2n) is 10.2. The van der Waals surface area contributed by atoms with E-state index in [4.69, 9.17) is 4.74 Å². The number of rotatable bonds is 11. The van der Waals surface area contributed by atoms with Gasteiger partial charge in [0.15, 0.2) is 0 Å². The third-order valence-corrected chi connectivity index (χ3v) is 6.93. The van der Waals surface area contributed by atoms with E-state index in [9.17, 15) is 9.59 Å². The lowest BCUT2D eigenvalue weighted by atomic mass is 10.1. The summed E-state index contributed by atoms with van der Waals surface area (Å²) in [6.45, 7) is 7.50. The van der Waals surface area contributed by atoms with Crippen molar-refractivity contribution in [2.24, 2.45) is 0 Å². The number of likely N-dealkylation sites (tertiary alicyclic amines) is 1. The van der Waals surface area contributed by atoms with E-state index in [0.29, 0.717) is 17.0 Å². The number of amides is 1. The molecule has 0 atom stereocenters. The highest BCUT2D eigenvalue weighted by Gasteiger charge is 2.16. The van der Waals surface area contributed by atoms with Gasteiger partial charge < -0.3 is 19.4 Å². The number of hydrogen-bond donors (Lipinski definition) is 1. The van der Waals surface area contributed by atoms with Crippen LogP contribution in [0.2, 0.25) is 0 Å². The van der Waals surface area contributed by atoms with Crippen molar-refractivity contribution in [1.82, 2.24) is 19.2 Å². The zero-order valence-corrected chi connectivity index (χ0v) is 22.0. The minimum atomic E-state index is -0.180. The predicted octanol–water partition coefficient (Wildman–Crippen LogP) is 4.50. The first kappa shape index (κ1) is 26.0. The summed E-state index contributed by atoms with van der Waals surface area (Å²) in [4.78, 5) is 28.8. The Bertz CT molecular complexity index is 1220. The van der Waals surface area contributed by atoms with E-state index in [1.165, 1.54) is 51.7 Å². The number of benzene rings is 1. The Morgan fingerprint density at radius 3 is 2.61 bits per heavy atom. The summed E-state index contributed by atoms with van der Waals surface area (Å²) in [6.07, 6.45) is 12.5. The molecule has 1 aromatic carbocycles. The summed E-state index contributed by atoms with van der Waals surface area (Å²) in [5.41, 5.74) is 3.12. The van der Waals surface area contributed by atoms with Crippen LogP contribution < -0.4 is 15.6 Å². The Morgan fingerprint density at radius 2 is 1.86 bits per heavy atom. The van der Waals surface area contributed by atoms with Crippen molar-refractivity contribution >= 4 is 11.4 Å². The number of unbranched alkanes of at least 4 members (excludes halogenated alkanes) is 2. The van der Waals surface area contributed by atoms with Gasteiger partial charge in [-0.15, -0.1) is 0 Å². The second-order valence-corrected chi connectivity index (χ2v) is 10.2. The summed E-state index contributed by atoms with van der Waals surface area (Å²) in [5, 5.41) is 2.90. The van der Waals surface area contributed by atoms with E-state index in [1.54, 1.807) is 11.7 Å². The Kier molecular flexibility index (Phi) is 8.86. The molecular weight excluding hydrogens is 452 g/mol.